The predicted octanol–water partition coefficient (Wildman–Crippen LogP) is 0.139. The summed E-state index contributed by atoms with van der Waals surface area (Å²) in [7, 11) is 0. The summed E-state index contributed by atoms with van der Waals surface area (Å²) in [5, 5.41) is 5.93. The van der Waals surface area contributed by atoms with Crippen LogP contribution in [-0.2, 0) is 9.53 Å². The molecule has 0 atom stereocenters. The van der Waals surface area contributed by atoms with Crippen molar-refractivity contribution in [1.82, 2.24) is 10.6 Å². The average molecular weight is 200 g/mol. The van der Waals surface area contributed by atoms with Gasteiger partial charge in [-0.25, -0.2) is 0 Å². The van der Waals surface area contributed by atoms with Gasteiger partial charge in [-0.1, -0.05) is 0 Å². The molecule has 0 spiro atoms. The van der Waals surface area contributed by atoms with Crippen LogP contribution in [0.3, 0.4) is 0 Å². The highest BCUT2D eigenvalue weighted by Crippen LogP contribution is 2.12. The Balaban J connectivity index is 1.99. The van der Waals surface area contributed by atoms with E-state index in [2.05, 4.69) is 10.6 Å². The molecule has 1 saturated heterocycles. The lowest BCUT2D eigenvalue weighted by molar-refractivity contribution is -0.120. The van der Waals surface area contributed by atoms with E-state index in [0.717, 1.165) is 32.6 Å². The van der Waals surface area contributed by atoms with Crippen molar-refractivity contribution in [2.45, 2.75) is 19.8 Å². The first-order valence-electron chi connectivity index (χ1n) is 5.38. The Morgan fingerprint density at radius 3 is 2.79 bits per heavy atom. The van der Waals surface area contributed by atoms with Crippen LogP contribution in [0.25, 0.3) is 0 Å². The lowest BCUT2D eigenvalue weighted by Crippen LogP contribution is -2.36. The lowest BCUT2D eigenvalue weighted by atomic mass is 10.0. The first-order valence-corrected chi connectivity index (χ1v) is 5.38. The molecular formula is C10H20N2O2. The zero-order chi connectivity index (χ0) is 10.2. The first-order chi connectivity index (χ1) is 6.83. The van der Waals surface area contributed by atoms with Gasteiger partial charge >= 0.3 is 0 Å². The van der Waals surface area contributed by atoms with Crippen molar-refractivity contribution in [1.29, 1.82) is 0 Å². The number of rotatable bonds is 5. The largest absolute Gasteiger partial charge is 0.381 e. The Hall–Kier alpha value is -0.610. The smallest absolute Gasteiger partial charge is 0.233 e. The van der Waals surface area contributed by atoms with Crippen LogP contribution < -0.4 is 10.6 Å². The van der Waals surface area contributed by atoms with Crippen LogP contribution in [0.2, 0.25) is 0 Å². The van der Waals surface area contributed by atoms with Crippen LogP contribution in [-0.4, -0.2) is 38.8 Å². The molecule has 82 valence electrons. The van der Waals surface area contributed by atoms with Gasteiger partial charge in [0.15, 0.2) is 0 Å². The molecule has 4 heteroatoms. The molecule has 0 saturated carbocycles. The van der Waals surface area contributed by atoms with Crippen LogP contribution in [0.15, 0.2) is 0 Å². The molecule has 1 fully saturated rings. The van der Waals surface area contributed by atoms with E-state index in [9.17, 15) is 4.79 Å². The summed E-state index contributed by atoms with van der Waals surface area (Å²) >= 11 is 0. The number of amides is 1. The zero-order valence-corrected chi connectivity index (χ0v) is 8.84. The molecule has 1 aliphatic heterocycles. The van der Waals surface area contributed by atoms with E-state index < -0.39 is 0 Å². The summed E-state index contributed by atoms with van der Waals surface area (Å²) < 4.78 is 5.26. The molecule has 1 aliphatic rings. The molecule has 0 radical (unpaired) electrons. The summed E-state index contributed by atoms with van der Waals surface area (Å²) in [4.78, 5) is 11.1. The Labute approximate surface area is 85.4 Å². The molecule has 1 heterocycles. The summed E-state index contributed by atoms with van der Waals surface area (Å²) in [6.45, 7) is 5.74. The molecule has 0 aromatic rings. The second-order valence-corrected chi connectivity index (χ2v) is 3.64. The SMILES string of the molecule is CCNC(=O)CNCC1CCOCC1. The molecule has 14 heavy (non-hydrogen) atoms. The highest BCUT2D eigenvalue weighted by Gasteiger charge is 2.13. The van der Waals surface area contributed by atoms with E-state index in [1.54, 1.807) is 0 Å². The van der Waals surface area contributed by atoms with Gasteiger partial charge in [-0.2, -0.15) is 0 Å². The van der Waals surface area contributed by atoms with Crippen LogP contribution >= 0.6 is 0 Å². The minimum Gasteiger partial charge on any atom is -0.381 e. The van der Waals surface area contributed by atoms with Crippen molar-refractivity contribution in [3.05, 3.63) is 0 Å². The maximum atomic E-state index is 11.1. The van der Waals surface area contributed by atoms with Gasteiger partial charge in [0.25, 0.3) is 0 Å². The molecule has 1 rings (SSSR count). The second-order valence-electron chi connectivity index (χ2n) is 3.64. The Bertz CT molecular complexity index is 168. The van der Waals surface area contributed by atoms with E-state index in [0.29, 0.717) is 19.0 Å². The monoisotopic (exact) mass is 200 g/mol. The van der Waals surface area contributed by atoms with E-state index in [1.165, 1.54) is 0 Å². The number of carbonyl (C=O) groups excluding carboxylic acids is 1. The number of nitrogens with one attached hydrogen (secondary N) is 2. The van der Waals surface area contributed by atoms with Gasteiger partial charge in [-0.05, 0) is 32.2 Å². The Kier molecular flexibility index (Phi) is 5.56. The van der Waals surface area contributed by atoms with Crippen molar-refractivity contribution in [2.75, 3.05) is 32.8 Å². The molecule has 4 nitrogen and oxygen atoms in total. The van der Waals surface area contributed by atoms with Crippen molar-refractivity contribution in [3.8, 4) is 0 Å². The van der Waals surface area contributed by atoms with Gasteiger partial charge in [0.05, 0.1) is 6.54 Å². The molecular weight excluding hydrogens is 180 g/mol. The van der Waals surface area contributed by atoms with Crippen molar-refractivity contribution in [2.24, 2.45) is 5.92 Å². The summed E-state index contributed by atoms with van der Waals surface area (Å²) in [5.41, 5.74) is 0. The zero-order valence-electron chi connectivity index (χ0n) is 8.84. The molecule has 0 aromatic heterocycles. The Morgan fingerprint density at radius 2 is 2.14 bits per heavy atom. The first kappa shape index (κ1) is 11.5. The van der Waals surface area contributed by atoms with E-state index in [1.807, 2.05) is 6.92 Å². The fourth-order valence-electron chi connectivity index (χ4n) is 1.60. The fraction of sp³-hybridized carbons (Fsp3) is 0.900. The lowest BCUT2D eigenvalue weighted by Gasteiger charge is -2.22. The third-order valence-electron chi connectivity index (χ3n) is 2.43. The molecule has 0 unspecified atom stereocenters. The number of likely N-dealkylation sites (N-methyl/N-ethyl adjacent to an activating group) is 1. The fourth-order valence-corrected chi connectivity index (χ4v) is 1.60. The molecule has 0 aromatic carbocycles. The van der Waals surface area contributed by atoms with Gasteiger partial charge in [0.1, 0.15) is 0 Å². The number of hydrogen-bond donors (Lipinski definition) is 2. The van der Waals surface area contributed by atoms with Crippen LogP contribution in [0.1, 0.15) is 19.8 Å². The highest BCUT2D eigenvalue weighted by atomic mass is 16.5. The number of carbonyl (C=O) groups is 1. The normalized spacial score (nSPS) is 18.1. The minimum atomic E-state index is 0.0829. The van der Waals surface area contributed by atoms with Gasteiger partial charge < -0.3 is 15.4 Å². The highest BCUT2D eigenvalue weighted by molar-refractivity contribution is 5.77. The molecule has 2 N–H and O–H groups in total. The summed E-state index contributed by atoms with van der Waals surface area (Å²) in [6.07, 6.45) is 2.23. The maximum Gasteiger partial charge on any atom is 0.233 e. The second kappa shape index (κ2) is 6.79. The van der Waals surface area contributed by atoms with Crippen molar-refractivity contribution >= 4 is 5.91 Å². The number of hydrogen-bond acceptors (Lipinski definition) is 3. The van der Waals surface area contributed by atoms with Crippen molar-refractivity contribution < 1.29 is 9.53 Å². The quantitative estimate of drug-likeness (QED) is 0.663. The molecule has 1 amide bonds. The third kappa shape index (κ3) is 4.58. The van der Waals surface area contributed by atoms with Gasteiger partial charge in [0.2, 0.25) is 5.91 Å². The van der Waals surface area contributed by atoms with E-state index in [4.69, 9.17) is 4.74 Å². The van der Waals surface area contributed by atoms with Crippen molar-refractivity contribution in [3.63, 3.8) is 0 Å². The Morgan fingerprint density at radius 1 is 1.43 bits per heavy atom. The summed E-state index contributed by atoms with van der Waals surface area (Å²) in [6, 6.07) is 0. The maximum absolute atomic E-state index is 11.1. The third-order valence-corrected chi connectivity index (χ3v) is 2.43. The van der Waals surface area contributed by atoms with E-state index in [-0.39, 0.29) is 5.91 Å². The van der Waals surface area contributed by atoms with Crippen LogP contribution in [0.4, 0.5) is 0 Å². The van der Waals surface area contributed by atoms with Gasteiger partial charge in [0, 0.05) is 19.8 Å². The molecule has 0 aliphatic carbocycles. The van der Waals surface area contributed by atoms with E-state index >= 15 is 0 Å². The van der Waals surface area contributed by atoms with Gasteiger partial charge in [-0.15, -0.1) is 0 Å². The van der Waals surface area contributed by atoms with Gasteiger partial charge in [-0.3, -0.25) is 4.79 Å². The van der Waals surface area contributed by atoms with Crippen LogP contribution in [0.5, 0.6) is 0 Å². The average Bonchev–Trinajstić information content (AvgIpc) is 2.20. The topological polar surface area (TPSA) is 50.4 Å². The predicted molar refractivity (Wildman–Crippen MR) is 55.1 cm³/mol. The summed E-state index contributed by atoms with van der Waals surface area (Å²) in [5.74, 6) is 0.762. The number of ether oxygens (including phenoxy) is 1. The van der Waals surface area contributed by atoms with Crippen LogP contribution in [0, 0.1) is 5.92 Å². The molecule has 0 bridgehead atoms. The minimum absolute atomic E-state index is 0.0829. The standard InChI is InChI=1S/C10H20N2O2/c1-2-12-10(13)8-11-7-9-3-5-14-6-4-9/h9,11H,2-8H2,1H3,(H,12,13).